The highest BCUT2D eigenvalue weighted by molar-refractivity contribution is 5.88. The summed E-state index contributed by atoms with van der Waals surface area (Å²) in [5.41, 5.74) is 2.10. The van der Waals surface area contributed by atoms with Gasteiger partial charge in [-0.15, -0.1) is 0 Å². The molecule has 0 atom stereocenters. The number of nitrogens with zero attached hydrogens (tertiary/aromatic N) is 1. The molecule has 3 N–H and O–H groups in total. The van der Waals surface area contributed by atoms with E-state index in [2.05, 4.69) is 5.43 Å². The lowest BCUT2D eigenvalue weighted by Crippen LogP contribution is -2.11. The Morgan fingerprint density at radius 1 is 1.54 bits per heavy atom. The van der Waals surface area contributed by atoms with Gasteiger partial charge >= 0.3 is 0 Å². The van der Waals surface area contributed by atoms with E-state index in [1.165, 1.54) is 18.2 Å². The van der Waals surface area contributed by atoms with Crippen molar-refractivity contribution in [2.75, 3.05) is 5.43 Å². The molecule has 0 spiro atoms. The molecule has 0 heterocycles. The summed E-state index contributed by atoms with van der Waals surface area (Å²) in [5.74, 6) is 5.05. The van der Waals surface area contributed by atoms with E-state index in [9.17, 15) is 14.9 Å². The fraction of sp³-hybridized carbons (Fsp3) is 0. The second-order valence-corrected chi connectivity index (χ2v) is 2.26. The van der Waals surface area contributed by atoms with Crippen LogP contribution in [0.2, 0.25) is 0 Å². The number of hydrogen-bond acceptors (Lipinski definition) is 5. The lowest BCUT2D eigenvalue weighted by atomic mass is 10.2. The van der Waals surface area contributed by atoms with Gasteiger partial charge in [-0.1, -0.05) is 6.07 Å². The number of hydrazine groups is 1. The summed E-state index contributed by atoms with van der Waals surface area (Å²) in [6.45, 7) is 0. The minimum atomic E-state index is -0.609. The summed E-state index contributed by atoms with van der Waals surface area (Å²) in [4.78, 5) is 20.3. The third-order valence-corrected chi connectivity index (χ3v) is 1.54. The Labute approximate surface area is 73.5 Å². The fourth-order valence-corrected chi connectivity index (χ4v) is 0.965. The van der Waals surface area contributed by atoms with Gasteiger partial charge in [0.2, 0.25) is 0 Å². The third kappa shape index (κ3) is 1.62. The predicted molar refractivity (Wildman–Crippen MR) is 46.3 cm³/mol. The van der Waals surface area contributed by atoms with Crippen molar-refractivity contribution in [3.8, 4) is 0 Å². The summed E-state index contributed by atoms with van der Waals surface area (Å²) < 4.78 is 0. The Bertz CT molecular complexity index is 351. The smallest absolute Gasteiger partial charge is 0.294 e. The number of anilines is 1. The number of nitro benzene ring substituents is 1. The van der Waals surface area contributed by atoms with Gasteiger partial charge in [0.1, 0.15) is 5.69 Å². The molecule has 1 rings (SSSR count). The molecule has 6 nitrogen and oxygen atoms in total. The van der Waals surface area contributed by atoms with Gasteiger partial charge in [0, 0.05) is 11.6 Å². The molecule has 0 saturated heterocycles. The van der Waals surface area contributed by atoms with Crippen LogP contribution in [-0.2, 0) is 0 Å². The minimum absolute atomic E-state index is 0.0301. The number of nitro groups is 1. The molecule has 0 bridgehead atoms. The topological polar surface area (TPSA) is 98.3 Å². The molecule has 13 heavy (non-hydrogen) atoms. The lowest BCUT2D eigenvalue weighted by Gasteiger charge is -2.03. The van der Waals surface area contributed by atoms with Crippen LogP contribution in [0.4, 0.5) is 11.4 Å². The van der Waals surface area contributed by atoms with Crippen LogP contribution in [-0.4, -0.2) is 11.2 Å². The third-order valence-electron chi connectivity index (χ3n) is 1.54. The molecular weight excluding hydrogens is 174 g/mol. The van der Waals surface area contributed by atoms with Gasteiger partial charge < -0.3 is 5.43 Å². The number of benzene rings is 1. The number of carbonyl (C=O) groups is 1. The summed E-state index contributed by atoms with van der Waals surface area (Å²) in [6.07, 6.45) is 0.502. The normalized spacial score (nSPS) is 9.31. The Hall–Kier alpha value is -1.95. The van der Waals surface area contributed by atoms with Crippen LogP contribution in [0, 0.1) is 10.1 Å². The largest absolute Gasteiger partial charge is 0.318 e. The number of para-hydroxylation sites is 1. The monoisotopic (exact) mass is 181 g/mol. The van der Waals surface area contributed by atoms with Crippen molar-refractivity contribution in [3.63, 3.8) is 0 Å². The summed E-state index contributed by atoms with van der Waals surface area (Å²) in [6, 6.07) is 4.13. The van der Waals surface area contributed by atoms with Gasteiger partial charge in [-0.2, -0.15) is 0 Å². The van der Waals surface area contributed by atoms with Gasteiger partial charge in [0.25, 0.3) is 5.69 Å². The number of nitrogens with one attached hydrogen (secondary N) is 1. The number of nitrogens with two attached hydrogens (primary N) is 1. The van der Waals surface area contributed by atoms with Gasteiger partial charge in [-0.3, -0.25) is 20.8 Å². The first kappa shape index (κ1) is 9.14. The zero-order valence-electron chi connectivity index (χ0n) is 6.56. The molecule has 6 heteroatoms. The fourth-order valence-electron chi connectivity index (χ4n) is 0.965. The van der Waals surface area contributed by atoms with Crippen molar-refractivity contribution < 1.29 is 9.72 Å². The molecular formula is C7H7N3O3. The maximum absolute atomic E-state index is 10.4. The van der Waals surface area contributed by atoms with Crippen molar-refractivity contribution >= 4 is 17.7 Å². The standard InChI is InChI=1S/C7H7N3O3/c8-9-7-5(4-11)2-1-3-6(7)10(12)13/h1-4,9H,8H2. The SMILES string of the molecule is NNc1c(C=O)cccc1[N+](=O)[O-]. The van der Waals surface area contributed by atoms with E-state index < -0.39 is 4.92 Å². The molecule has 68 valence electrons. The van der Waals surface area contributed by atoms with Crippen molar-refractivity contribution in [2.24, 2.45) is 5.84 Å². The summed E-state index contributed by atoms with van der Waals surface area (Å²) in [5, 5.41) is 10.4. The van der Waals surface area contributed by atoms with E-state index in [0.717, 1.165) is 0 Å². The molecule has 0 unspecified atom stereocenters. The van der Waals surface area contributed by atoms with Crippen LogP contribution < -0.4 is 11.3 Å². The molecule has 0 aliphatic rings. The predicted octanol–water partition coefficient (Wildman–Crippen LogP) is 0.693. The van der Waals surface area contributed by atoms with Gasteiger partial charge in [-0.25, -0.2) is 0 Å². The Balaban J connectivity index is 3.35. The number of aldehydes is 1. The molecule has 1 aromatic carbocycles. The molecule has 0 saturated carbocycles. The molecule has 0 radical (unpaired) electrons. The highest BCUT2D eigenvalue weighted by Crippen LogP contribution is 2.25. The number of nitrogen functional groups attached to an aromatic ring is 1. The zero-order chi connectivity index (χ0) is 9.84. The molecule has 0 aliphatic carbocycles. The van der Waals surface area contributed by atoms with Crippen LogP contribution in [0.25, 0.3) is 0 Å². The number of rotatable bonds is 3. The average molecular weight is 181 g/mol. The van der Waals surface area contributed by atoms with Crippen molar-refractivity contribution in [3.05, 3.63) is 33.9 Å². The van der Waals surface area contributed by atoms with E-state index in [1.807, 2.05) is 0 Å². The van der Waals surface area contributed by atoms with Crippen LogP contribution in [0.3, 0.4) is 0 Å². The van der Waals surface area contributed by atoms with Crippen LogP contribution in [0.5, 0.6) is 0 Å². The second-order valence-electron chi connectivity index (χ2n) is 2.26. The summed E-state index contributed by atoms with van der Waals surface area (Å²) >= 11 is 0. The van der Waals surface area contributed by atoms with E-state index in [4.69, 9.17) is 5.84 Å². The van der Waals surface area contributed by atoms with E-state index in [0.29, 0.717) is 6.29 Å². The Kier molecular flexibility index (Phi) is 2.56. The van der Waals surface area contributed by atoms with Crippen molar-refractivity contribution in [2.45, 2.75) is 0 Å². The van der Waals surface area contributed by atoms with Crippen LogP contribution in [0.1, 0.15) is 10.4 Å². The van der Waals surface area contributed by atoms with E-state index >= 15 is 0 Å². The maximum atomic E-state index is 10.4. The Morgan fingerprint density at radius 3 is 2.69 bits per heavy atom. The highest BCUT2D eigenvalue weighted by atomic mass is 16.6. The van der Waals surface area contributed by atoms with E-state index in [1.54, 1.807) is 0 Å². The highest BCUT2D eigenvalue weighted by Gasteiger charge is 2.15. The first-order valence-corrected chi connectivity index (χ1v) is 3.40. The quantitative estimate of drug-likeness (QED) is 0.309. The molecule has 0 aliphatic heterocycles. The van der Waals surface area contributed by atoms with Gasteiger partial charge in [0.15, 0.2) is 6.29 Å². The minimum Gasteiger partial charge on any atom is -0.318 e. The Morgan fingerprint density at radius 2 is 2.23 bits per heavy atom. The van der Waals surface area contributed by atoms with Gasteiger partial charge in [-0.05, 0) is 6.07 Å². The first-order chi connectivity index (χ1) is 6.20. The zero-order valence-corrected chi connectivity index (χ0v) is 6.56. The molecule has 0 fully saturated rings. The van der Waals surface area contributed by atoms with Gasteiger partial charge in [0.05, 0.1) is 4.92 Å². The maximum Gasteiger partial charge on any atom is 0.294 e. The number of hydrogen-bond donors (Lipinski definition) is 2. The second kappa shape index (κ2) is 3.63. The molecule has 1 aromatic rings. The van der Waals surface area contributed by atoms with E-state index in [-0.39, 0.29) is 16.9 Å². The molecule has 0 aromatic heterocycles. The van der Waals surface area contributed by atoms with Crippen molar-refractivity contribution in [1.82, 2.24) is 0 Å². The van der Waals surface area contributed by atoms with Crippen LogP contribution >= 0.6 is 0 Å². The van der Waals surface area contributed by atoms with Crippen LogP contribution in [0.15, 0.2) is 18.2 Å². The van der Waals surface area contributed by atoms with Crippen molar-refractivity contribution in [1.29, 1.82) is 0 Å². The number of carbonyl (C=O) groups excluding carboxylic acids is 1. The lowest BCUT2D eigenvalue weighted by molar-refractivity contribution is -0.384. The average Bonchev–Trinajstić information content (AvgIpc) is 2.16. The molecule has 0 amide bonds. The first-order valence-electron chi connectivity index (χ1n) is 3.40. The summed E-state index contributed by atoms with van der Waals surface area (Å²) in [7, 11) is 0.